The largest absolute Gasteiger partial charge is 0.480 e. The predicted molar refractivity (Wildman–Crippen MR) is 79.8 cm³/mol. The summed E-state index contributed by atoms with van der Waals surface area (Å²) in [6, 6.07) is 5.13. The zero-order chi connectivity index (χ0) is 15.0. The van der Waals surface area contributed by atoms with Crippen LogP contribution in [0.3, 0.4) is 0 Å². The number of rotatable bonds is 4. The van der Waals surface area contributed by atoms with Crippen molar-refractivity contribution in [2.24, 2.45) is 12.8 Å². The maximum Gasteiger partial charge on any atom is 0.320 e. The van der Waals surface area contributed by atoms with Crippen LogP contribution in [0, 0.1) is 0 Å². The second-order valence-corrected chi connectivity index (χ2v) is 5.13. The van der Waals surface area contributed by atoms with Crippen LogP contribution in [-0.2, 0) is 18.3 Å². The molecule has 0 bridgehead atoms. The second-order valence-electron chi connectivity index (χ2n) is 5.13. The Labute approximate surface area is 121 Å². The van der Waals surface area contributed by atoms with E-state index in [0.29, 0.717) is 6.42 Å². The smallest absolute Gasteiger partial charge is 0.320 e. The SMILES string of the molecule is Cn1cc(-c2ccc3c(CC(N)C(=O)O)c[nH]c3c2)cn1. The Morgan fingerprint density at radius 1 is 1.48 bits per heavy atom. The van der Waals surface area contributed by atoms with Crippen LogP contribution in [0.5, 0.6) is 0 Å². The van der Waals surface area contributed by atoms with Crippen molar-refractivity contribution >= 4 is 16.9 Å². The number of aliphatic carboxylic acids is 1. The van der Waals surface area contributed by atoms with E-state index in [4.69, 9.17) is 10.8 Å². The number of aromatic nitrogens is 3. The lowest BCUT2D eigenvalue weighted by Crippen LogP contribution is -2.32. The molecule has 108 valence electrons. The van der Waals surface area contributed by atoms with E-state index in [2.05, 4.69) is 10.1 Å². The normalized spacial score (nSPS) is 12.7. The number of aromatic amines is 1. The third-order valence-electron chi connectivity index (χ3n) is 3.56. The Morgan fingerprint density at radius 2 is 2.29 bits per heavy atom. The number of nitrogens with one attached hydrogen (secondary N) is 1. The summed E-state index contributed by atoms with van der Waals surface area (Å²) >= 11 is 0. The van der Waals surface area contributed by atoms with E-state index in [-0.39, 0.29) is 0 Å². The monoisotopic (exact) mass is 284 g/mol. The van der Waals surface area contributed by atoms with Gasteiger partial charge in [0.15, 0.2) is 0 Å². The fourth-order valence-electron chi connectivity index (χ4n) is 2.43. The zero-order valence-electron chi connectivity index (χ0n) is 11.6. The molecular weight excluding hydrogens is 268 g/mol. The minimum atomic E-state index is -0.990. The molecule has 0 saturated heterocycles. The Bertz CT molecular complexity index is 803. The lowest BCUT2D eigenvalue weighted by molar-refractivity contribution is -0.138. The Morgan fingerprint density at radius 3 is 2.95 bits per heavy atom. The van der Waals surface area contributed by atoms with E-state index >= 15 is 0 Å². The summed E-state index contributed by atoms with van der Waals surface area (Å²) in [5.41, 5.74) is 9.58. The summed E-state index contributed by atoms with van der Waals surface area (Å²) in [5.74, 6) is -0.990. The Hall–Kier alpha value is -2.60. The highest BCUT2D eigenvalue weighted by Crippen LogP contribution is 2.26. The van der Waals surface area contributed by atoms with Crippen LogP contribution in [0.4, 0.5) is 0 Å². The number of nitrogens with zero attached hydrogens (tertiary/aromatic N) is 2. The molecule has 1 unspecified atom stereocenters. The number of fused-ring (bicyclic) bond motifs is 1. The maximum absolute atomic E-state index is 10.9. The van der Waals surface area contributed by atoms with E-state index in [0.717, 1.165) is 27.6 Å². The van der Waals surface area contributed by atoms with Gasteiger partial charge in [-0.1, -0.05) is 12.1 Å². The van der Waals surface area contributed by atoms with Gasteiger partial charge in [-0.3, -0.25) is 9.48 Å². The van der Waals surface area contributed by atoms with Gasteiger partial charge in [-0.05, 0) is 17.2 Å². The van der Waals surface area contributed by atoms with Crippen molar-refractivity contribution in [1.29, 1.82) is 0 Å². The lowest BCUT2D eigenvalue weighted by atomic mass is 10.0. The molecule has 21 heavy (non-hydrogen) atoms. The first-order valence-corrected chi connectivity index (χ1v) is 6.62. The van der Waals surface area contributed by atoms with Gasteiger partial charge in [-0.2, -0.15) is 5.10 Å². The fourth-order valence-corrected chi connectivity index (χ4v) is 2.43. The van der Waals surface area contributed by atoms with E-state index in [1.54, 1.807) is 4.68 Å². The number of carbonyl (C=O) groups is 1. The molecule has 0 aliphatic carbocycles. The number of hydrogen-bond acceptors (Lipinski definition) is 3. The molecular formula is C15H16N4O2. The van der Waals surface area contributed by atoms with Crippen LogP contribution >= 0.6 is 0 Å². The zero-order valence-corrected chi connectivity index (χ0v) is 11.6. The number of hydrogen-bond donors (Lipinski definition) is 3. The molecule has 0 fully saturated rings. The maximum atomic E-state index is 10.9. The summed E-state index contributed by atoms with van der Waals surface area (Å²) in [6.45, 7) is 0. The highest BCUT2D eigenvalue weighted by atomic mass is 16.4. The molecule has 0 saturated carbocycles. The molecule has 0 aliphatic rings. The molecule has 3 aromatic rings. The van der Waals surface area contributed by atoms with Crippen LogP contribution in [0.15, 0.2) is 36.8 Å². The van der Waals surface area contributed by atoms with Crippen molar-refractivity contribution in [2.75, 3.05) is 0 Å². The average Bonchev–Trinajstić information content (AvgIpc) is 3.05. The molecule has 6 nitrogen and oxygen atoms in total. The first-order chi connectivity index (χ1) is 10.0. The molecule has 6 heteroatoms. The van der Waals surface area contributed by atoms with Gasteiger partial charge in [0.1, 0.15) is 6.04 Å². The Kier molecular flexibility index (Phi) is 3.23. The van der Waals surface area contributed by atoms with Gasteiger partial charge >= 0.3 is 5.97 Å². The molecule has 3 rings (SSSR count). The van der Waals surface area contributed by atoms with Gasteiger partial charge in [0, 0.05) is 42.3 Å². The molecule has 4 N–H and O–H groups in total. The summed E-state index contributed by atoms with van der Waals surface area (Å²) < 4.78 is 1.76. The number of carboxylic acid groups (broad SMARTS) is 1. The third-order valence-corrected chi connectivity index (χ3v) is 3.56. The second kappa shape index (κ2) is 5.06. The molecule has 2 aromatic heterocycles. The number of nitrogens with two attached hydrogens (primary N) is 1. The molecule has 1 aromatic carbocycles. The van der Waals surface area contributed by atoms with Crippen LogP contribution in [0.1, 0.15) is 5.56 Å². The summed E-state index contributed by atoms with van der Waals surface area (Å²) in [5, 5.41) is 14.1. The number of carboxylic acids is 1. The van der Waals surface area contributed by atoms with Crippen molar-refractivity contribution in [2.45, 2.75) is 12.5 Å². The highest BCUT2D eigenvalue weighted by Gasteiger charge is 2.15. The summed E-state index contributed by atoms with van der Waals surface area (Å²) in [4.78, 5) is 14.0. The summed E-state index contributed by atoms with van der Waals surface area (Å²) in [7, 11) is 1.88. The van der Waals surface area contributed by atoms with Crippen molar-refractivity contribution in [3.05, 3.63) is 42.4 Å². The highest BCUT2D eigenvalue weighted by molar-refractivity contribution is 5.88. The molecule has 0 amide bonds. The molecule has 0 spiro atoms. The third kappa shape index (κ3) is 2.53. The van der Waals surface area contributed by atoms with Gasteiger partial charge in [-0.15, -0.1) is 0 Å². The van der Waals surface area contributed by atoms with Crippen molar-refractivity contribution in [3.8, 4) is 11.1 Å². The van der Waals surface area contributed by atoms with Crippen LogP contribution in [0.25, 0.3) is 22.0 Å². The number of H-pyrrole nitrogens is 1. The summed E-state index contributed by atoms with van der Waals surface area (Å²) in [6.07, 6.45) is 5.89. The average molecular weight is 284 g/mol. The van der Waals surface area contributed by atoms with Crippen molar-refractivity contribution in [3.63, 3.8) is 0 Å². The minimum absolute atomic E-state index is 0.307. The van der Waals surface area contributed by atoms with E-state index in [1.807, 2.05) is 43.8 Å². The first-order valence-electron chi connectivity index (χ1n) is 6.62. The predicted octanol–water partition coefficient (Wildman–Crippen LogP) is 1.52. The molecule has 1 atom stereocenters. The molecule has 0 aliphatic heterocycles. The van der Waals surface area contributed by atoms with Gasteiger partial charge in [-0.25, -0.2) is 0 Å². The minimum Gasteiger partial charge on any atom is -0.480 e. The van der Waals surface area contributed by atoms with Crippen LogP contribution in [0.2, 0.25) is 0 Å². The van der Waals surface area contributed by atoms with Gasteiger partial charge < -0.3 is 15.8 Å². The first kappa shape index (κ1) is 13.4. The van der Waals surface area contributed by atoms with E-state index in [9.17, 15) is 4.79 Å². The van der Waals surface area contributed by atoms with E-state index < -0.39 is 12.0 Å². The van der Waals surface area contributed by atoms with Gasteiger partial charge in [0.05, 0.1) is 6.20 Å². The number of benzene rings is 1. The Balaban J connectivity index is 1.96. The van der Waals surface area contributed by atoms with Gasteiger partial charge in [0.25, 0.3) is 0 Å². The topological polar surface area (TPSA) is 96.9 Å². The quantitative estimate of drug-likeness (QED) is 0.676. The van der Waals surface area contributed by atoms with Gasteiger partial charge in [0.2, 0.25) is 0 Å². The molecule has 2 heterocycles. The van der Waals surface area contributed by atoms with E-state index in [1.165, 1.54) is 0 Å². The lowest BCUT2D eigenvalue weighted by Gasteiger charge is -2.05. The van der Waals surface area contributed by atoms with Crippen LogP contribution in [-0.4, -0.2) is 31.9 Å². The van der Waals surface area contributed by atoms with Crippen molar-refractivity contribution in [1.82, 2.24) is 14.8 Å². The fraction of sp³-hybridized carbons (Fsp3) is 0.200. The van der Waals surface area contributed by atoms with Crippen LogP contribution < -0.4 is 5.73 Å². The van der Waals surface area contributed by atoms with Crippen molar-refractivity contribution < 1.29 is 9.90 Å². The standard InChI is InChI=1S/C15H16N4O2/c1-19-8-11(7-18-19)9-2-3-12-10(4-13(16)15(20)21)6-17-14(12)5-9/h2-3,5-8,13,17H,4,16H2,1H3,(H,20,21). The number of aryl methyl sites for hydroxylation is 1. The molecule has 0 radical (unpaired) electrons.